The molecular weight excluding hydrogens is 354 g/mol. The predicted octanol–water partition coefficient (Wildman–Crippen LogP) is 3.20. The zero-order valence-electron chi connectivity index (χ0n) is 14.2. The lowest BCUT2D eigenvalue weighted by atomic mass is 10.1. The van der Waals surface area contributed by atoms with Crippen LogP contribution in [-0.4, -0.2) is 23.2 Å². The number of rotatable bonds is 4. The lowest BCUT2D eigenvalue weighted by molar-refractivity contribution is 0.171. The quantitative estimate of drug-likeness (QED) is 0.736. The van der Waals surface area contributed by atoms with Crippen molar-refractivity contribution in [2.45, 2.75) is 19.5 Å². The smallest absolute Gasteiger partial charge is 0.258 e. The summed E-state index contributed by atoms with van der Waals surface area (Å²) >= 11 is 5.94. The van der Waals surface area contributed by atoms with Crippen LogP contribution < -0.4 is 20.3 Å². The third kappa shape index (κ3) is 3.38. The van der Waals surface area contributed by atoms with Crippen LogP contribution >= 0.6 is 11.6 Å². The minimum Gasteiger partial charge on any atom is -0.486 e. The fourth-order valence-electron chi connectivity index (χ4n) is 2.94. The van der Waals surface area contributed by atoms with Crippen molar-refractivity contribution in [3.05, 3.63) is 63.2 Å². The average Bonchev–Trinajstić information content (AvgIpc) is 2.66. The van der Waals surface area contributed by atoms with Crippen LogP contribution in [0.5, 0.6) is 11.5 Å². The minimum absolute atomic E-state index is 0.0528. The third-order valence-corrected chi connectivity index (χ3v) is 4.59. The first-order valence-corrected chi connectivity index (χ1v) is 8.79. The molecule has 1 aliphatic heterocycles. The number of nitrogens with one attached hydrogen (secondary N) is 2. The highest BCUT2D eigenvalue weighted by Gasteiger charge is 2.14. The summed E-state index contributed by atoms with van der Waals surface area (Å²) in [6, 6.07) is 11.1. The Morgan fingerprint density at radius 3 is 2.85 bits per heavy atom. The standard InChI is InChI=1S/C19H18ClN3O3/c1-11(12-2-5-16-17(8-12)26-7-6-25-16)21-10-18-22-15-4-3-13(20)9-14(15)19(24)23-18/h2-5,8-9,11,21H,6-7,10H2,1H3,(H,22,23,24)/t11-/m0/s1. The molecular formula is C19H18ClN3O3. The fourth-order valence-corrected chi connectivity index (χ4v) is 3.11. The van der Waals surface area contributed by atoms with E-state index >= 15 is 0 Å². The Morgan fingerprint density at radius 1 is 1.19 bits per heavy atom. The number of fused-ring (bicyclic) bond motifs is 2. The molecule has 4 rings (SSSR count). The first-order chi connectivity index (χ1) is 12.6. The lowest BCUT2D eigenvalue weighted by Crippen LogP contribution is -2.22. The summed E-state index contributed by atoms with van der Waals surface area (Å²) in [6.07, 6.45) is 0. The zero-order valence-corrected chi connectivity index (χ0v) is 15.0. The molecule has 134 valence electrons. The highest BCUT2D eigenvalue weighted by molar-refractivity contribution is 6.31. The van der Waals surface area contributed by atoms with E-state index < -0.39 is 0 Å². The predicted molar refractivity (Wildman–Crippen MR) is 100 cm³/mol. The van der Waals surface area contributed by atoms with E-state index in [1.165, 1.54) is 0 Å². The first-order valence-electron chi connectivity index (χ1n) is 8.41. The van der Waals surface area contributed by atoms with Gasteiger partial charge in [-0.3, -0.25) is 4.79 Å². The van der Waals surface area contributed by atoms with Crippen LogP contribution in [0.1, 0.15) is 24.4 Å². The Morgan fingerprint density at radius 2 is 2.00 bits per heavy atom. The van der Waals surface area contributed by atoms with Crippen LogP contribution in [0.3, 0.4) is 0 Å². The highest BCUT2D eigenvalue weighted by Crippen LogP contribution is 2.32. The molecule has 0 radical (unpaired) electrons. The van der Waals surface area contributed by atoms with Gasteiger partial charge in [0.1, 0.15) is 19.0 Å². The van der Waals surface area contributed by atoms with E-state index in [1.807, 2.05) is 25.1 Å². The maximum atomic E-state index is 12.2. The van der Waals surface area contributed by atoms with Gasteiger partial charge >= 0.3 is 0 Å². The Kier molecular flexibility index (Phi) is 4.53. The summed E-state index contributed by atoms with van der Waals surface area (Å²) in [7, 11) is 0. The van der Waals surface area contributed by atoms with E-state index in [0.29, 0.717) is 41.5 Å². The second-order valence-corrected chi connectivity index (χ2v) is 6.62. The number of nitrogens with zero attached hydrogens (tertiary/aromatic N) is 1. The van der Waals surface area contributed by atoms with Gasteiger partial charge in [-0.2, -0.15) is 0 Å². The Bertz CT molecular complexity index is 1020. The molecule has 0 saturated carbocycles. The molecule has 0 aliphatic carbocycles. The van der Waals surface area contributed by atoms with Crippen molar-refractivity contribution in [2.24, 2.45) is 0 Å². The van der Waals surface area contributed by atoms with Gasteiger partial charge in [0, 0.05) is 11.1 Å². The SMILES string of the molecule is C[C@H](NCc1nc2ccc(Cl)cc2c(=O)[nH]1)c1ccc2c(c1)OCCO2. The van der Waals surface area contributed by atoms with Gasteiger partial charge < -0.3 is 19.8 Å². The maximum Gasteiger partial charge on any atom is 0.258 e. The third-order valence-electron chi connectivity index (χ3n) is 4.36. The molecule has 0 bridgehead atoms. The van der Waals surface area contributed by atoms with Crippen molar-refractivity contribution in [1.82, 2.24) is 15.3 Å². The van der Waals surface area contributed by atoms with Crippen LogP contribution in [0.15, 0.2) is 41.2 Å². The second-order valence-electron chi connectivity index (χ2n) is 6.18. The number of benzene rings is 2. The Balaban J connectivity index is 1.51. The minimum atomic E-state index is -0.193. The molecule has 2 aromatic carbocycles. The van der Waals surface area contributed by atoms with Gasteiger partial charge in [-0.1, -0.05) is 17.7 Å². The number of halogens is 1. The van der Waals surface area contributed by atoms with Crippen LogP contribution in [0, 0.1) is 0 Å². The molecule has 6 nitrogen and oxygen atoms in total. The van der Waals surface area contributed by atoms with Crippen molar-refractivity contribution in [1.29, 1.82) is 0 Å². The van der Waals surface area contributed by atoms with Gasteiger partial charge in [-0.15, -0.1) is 0 Å². The molecule has 7 heteroatoms. The van der Waals surface area contributed by atoms with Crippen molar-refractivity contribution < 1.29 is 9.47 Å². The van der Waals surface area contributed by atoms with E-state index in [1.54, 1.807) is 18.2 Å². The molecule has 2 N–H and O–H groups in total. The van der Waals surface area contributed by atoms with Gasteiger partial charge in [0.2, 0.25) is 0 Å². The molecule has 3 aromatic rings. The maximum absolute atomic E-state index is 12.2. The monoisotopic (exact) mass is 371 g/mol. The van der Waals surface area contributed by atoms with Crippen molar-refractivity contribution >= 4 is 22.5 Å². The fraction of sp³-hybridized carbons (Fsp3) is 0.263. The van der Waals surface area contributed by atoms with Gasteiger partial charge in [0.05, 0.1) is 17.4 Å². The topological polar surface area (TPSA) is 76.2 Å². The molecule has 0 saturated heterocycles. The summed E-state index contributed by atoms with van der Waals surface area (Å²) in [6.45, 7) is 3.62. The van der Waals surface area contributed by atoms with Crippen molar-refractivity contribution in [3.8, 4) is 11.5 Å². The summed E-state index contributed by atoms with van der Waals surface area (Å²) < 4.78 is 11.2. The van der Waals surface area contributed by atoms with Crippen LogP contribution in [0.2, 0.25) is 5.02 Å². The van der Waals surface area contributed by atoms with E-state index in [-0.39, 0.29) is 11.6 Å². The first kappa shape index (κ1) is 16.9. The van der Waals surface area contributed by atoms with E-state index in [0.717, 1.165) is 17.1 Å². The lowest BCUT2D eigenvalue weighted by Gasteiger charge is -2.21. The molecule has 0 amide bonds. The van der Waals surface area contributed by atoms with Gasteiger partial charge in [-0.05, 0) is 42.8 Å². The molecule has 1 aliphatic rings. The number of aromatic amines is 1. The molecule has 0 spiro atoms. The Labute approximate surface area is 155 Å². The number of aromatic nitrogens is 2. The van der Waals surface area contributed by atoms with Crippen molar-refractivity contribution in [3.63, 3.8) is 0 Å². The van der Waals surface area contributed by atoms with E-state index in [4.69, 9.17) is 21.1 Å². The summed E-state index contributed by atoms with van der Waals surface area (Å²) in [5.74, 6) is 2.11. The summed E-state index contributed by atoms with van der Waals surface area (Å²) in [4.78, 5) is 19.5. The largest absolute Gasteiger partial charge is 0.486 e. The van der Waals surface area contributed by atoms with Gasteiger partial charge in [0.15, 0.2) is 11.5 Å². The second kappa shape index (κ2) is 6.97. The van der Waals surface area contributed by atoms with Crippen LogP contribution in [0.4, 0.5) is 0 Å². The van der Waals surface area contributed by atoms with E-state index in [9.17, 15) is 4.79 Å². The van der Waals surface area contributed by atoms with Crippen LogP contribution in [0.25, 0.3) is 10.9 Å². The van der Waals surface area contributed by atoms with E-state index in [2.05, 4.69) is 15.3 Å². The molecule has 26 heavy (non-hydrogen) atoms. The molecule has 1 atom stereocenters. The normalized spacial score (nSPS) is 14.4. The molecule has 0 fully saturated rings. The molecule has 0 unspecified atom stereocenters. The van der Waals surface area contributed by atoms with Gasteiger partial charge in [0.25, 0.3) is 5.56 Å². The number of H-pyrrole nitrogens is 1. The number of ether oxygens (including phenoxy) is 2. The van der Waals surface area contributed by atoms with Crippen LogP contribution in [-0.2, 0) is 6.54 Å². The van der Waals surface area contributed by atoms with Gasteiger partial charge in [-0.25, -0.2) is 4.98 Å². The zero-order chi connectivity index (χ0) is 18.1. The summed E-state index contributed by atoms with van der Waals surface area (Å²) in [5.41, 5.74) is 1.51. The highest BCUT2D eigenvalue weighted by atomic mass is 35.5. The molecule has 1 aromatic heterocycles. The summed E-state index contributed by atoms with van der Waals surface area (Å²) in [5, 5.41) is 4.37. The average molecular weight is 372 g/mol. The Hall–Kier alpha value is -2.57. The number of hydrogen-bond donors (Lipinski definition) is 2. The van der Waals surface area contributed by atoms with Crippen molar-refractivity contribution in [2.75, 3.05) is 13.2 Å². The number of hydrogen-bond acceptors (Lipinski definition) is 5. The molecule has 2 heterocycles.